The number of piperazine rings is 1. The van der Waals surface area contributed by atoms with Crippen molar-refractivity contribution in [2.45, 2.75) is 51.2 Å². The fourth-order valence-corrected chi connectivity index (χ4v) is 3.70. The second kappa shape index (κ2) is 6.19. The molecule has 20 heavy (non-hydrogen) atoms. The quantitative estimate of drug-likeness (QED) is 0.847. The van der Waals surface area contributed by atoms with Crippen molar-refractivity contribution < 1.29 is 4.39 Å². The van der Waals surface area contributed by atoms with Gasteiger partial charge in [-0.15, -0.1) is 0 Å². The summed E-state index contributed by atoms with van der Waals surface area (Å²) in [6.07, 6.45) is 6.87. The number of halogens is 1. The molecule has 0 spiro atoms. The fourth-order valence-electron chi connectivity index (χ4n) is 3.70. The lowest BCUT2D eigenvalue weighted by Crippen LogP contribution is -2.54. The van der Waals surface area contributed by atoms with Gasteiger partial charge in [0.05, 0.1) is 11.9 Å². The van der Waals surface area contributed by atoms with Crippen LogP contribution in [0, 0.1) is 5.82 Å². The van der Waals surface area contributed by atoms with Crippen molar-refractivity contribution in [3.63, 3.8) is 0 Å². The summed E-state index contributed by atoms with van der Waals surface area (Å²) in [5.41, 5.74) is 0.966. The fraction of sp³-hybridized carbons (Fsp3) is 0.688. The molecular weight excluding hydrogens is 253 g/mol. The van der Waals surface area contributed by atoms with Gasteiger partial charge in [-0.2, -0.15) is 0 Å². The molecule has 1 aliphatic carbocycles. The molecule has 1 atom stereocenters. The highest BCUT2D eigenvalue weighted by Gasteiger charge is 2.30. The van der Waals surface area contributed by atoms with Crippen molar-refractivity contribution in [1.29, 1.82) is 0 Å². The Hall–Kier alpha value is -1.00. The third-order valence-electron chi connectivity index (χ3n) is 4.73. The average molecular weight is 277 g/mol. The van der Waals surface area contributed by atoms with E-state index in [1.807, 2.05) is 0 Å². The Morgan fingerprint density at radius 2 is 2.05 bits per heavy atom. The highest BCUT2D eigenvalue weighted by Crippen LogP contribution is 2.27. The Morgan fingerprint density at radius 3 is 2.70 bits per heavy atom. The third kappa shape index (κ3) is 3.18. The van der Waals surface area contributed by atoms with Crippen LogP contribution in [0.4, 0.5) is 4.39 Å². The first-order chi connectivity index (χ1) is 9.72. The van der Waals surface area contributed by atoms with Crippen molar-refractivity contribution in [3.05, 3.63) is 29.8 Å². The van der Waals surface area contributed by atoms with Crippen LogP contribution in [-0.4, -0.2) is 46.5 Å². The zero-order chi connectivity index (χ0) is 13.9. The lowest BCUT2D eigenvalue weighted by molar-refractivity contribution is 0.0466. The summed E-state index contributed by atoms with van der Waals surface area (Å²) in [6, 6.07) is 4.73. The number of hydrogen-bond acceptors (Lipinski definition) is 3. The summed E-state index contributed by atoms with van der Waals surface area (Å²) in [6.45, 7) is 6.52. The molecule has 4 heteroatoms. The van der Waals surface area contributed by atoms with Gasteiger partial charge in [0.25, 0.3) is 0 Å². The van der Waals surface area contributed by atoms with Gasteiger partial charge in [0.1, 0.15) is 5.82 Å². The maximum absolute atomic E-state index is 12.9. The molecule has 0 aromatic carbocycles. The van der Waals surface area contributed by atoms with Crippen molar-refractivity contribution in [2.75, 3.05) is 19.6 Å². The van der Waals surface area contributed by atoms with Gasteiger partial charge in [0, 0.05) is 38.3 Å². The highest BCUT2D eigenvalue weighted by molar-refractivity contribution is 5.05. The van der Waals surface area contributed by atoms with E-state index in [-0.39, 0.29) is 5.82 Å². The van der Waals surface area contributed by atoms with Gasteiger partial charge in [-0.05, 0) is 31.9 Å². The van der Waals surface area contributed by atoms with Gasteiger partial charge >= 0.3 is 0 Å². The van der Waals surface area contributed by atoms with Crippen LogP contribution in [0.15, 0.2) is 18.3 Å². The molecule has 1 aliphatic heterocycles. The normalized spacial score (nSPS) is 26.2. The Bertz CT molecular complexity index is 428. The molecule has 110 valence electrons. The zero-order valence-electron chi connectivity index (χ0n) is 12.3. The van der Waals surface area contributed by atoms with E-state index >= 15 is 0 Å². The van der Waals surface area contributed by atoms with E-state index < -0.39 is 0 Å². The zero-order valence-corrected chi connectivity index (χ0v) is 12.3. The van der Waals surface area contributed by atoms with Gasteiger partial charge in [-0.1, -0.05) is 12.8 Å². The smallest absolute Gasteiger partial charge is 0.141 e. The standard InChI is InChI=1S/C16H24FN3/c1-13-11-19(12-15-7-6-14(17)10-18-15)8-9-20(13)16-4-2-3-5-16/h6-7,10,13,16H,2-5,8-9,11-12H2,1H3. The Labute approximate surface area is 120 Å². The van der Waals surface area contributed by atoms with Crippen LogP contribution in [0.5, 0.6) is 0 Å². The molecule has 1 aromatic heterocycles. The van der Waals surface area contributed by atoms with Crippen molar-refractivity contribution >= 4 is 0 Å². The number of pyridine rings is 1. The summed E-state index contributed by atoms with van der Waals surface area (Å²) in [4.78, 5) is 9.30. The van der Waals surface area contributed by atoms with Gasteiger partial charge in [-0.25, -0.2) is 4.39 Å². The second-order valence-electron chi connectivity index (χ2n) is 6.23. The lowest BCUT2D eigenvalue weighted by Gasteiger charge is -2.43. The number of aromatic nitrogens is 1. The summed E-state index contributed by atoms with van der Waals surface area (Å²) in [5, 5.41) is 0. The van der Waals surface area contributed by atoms with Gasteiger partial charge in [-0.3, -0.25) is 14.8 Å². The van der Waals surface area contributed by atoms with Crippen LogP contribution in [0.3, 0.4) is 0 Å². The SMILES string of the molecule is CC1CN(Cc2ccc(F)cn2)CCN1C1CCCC1. The summed E-state index contributed by atoms with van der Waals surface area (Å²) >= 11 is 0. The molecule has 2 heterocycles. The van der Waals surface area contributed by atoms with E-state index in [0.29, 0.717) is 6.04 Å². The molecule has 1 saturated carbocycles. The molecule has 0 amide bonds. The molecule has 1 unspecified atom stereocenters. The Balaban J connectivity index is 1.55. The first-order valence-corrected chi connectivity index (χ1v) is 7.81. The van der Waals surface area contributed by atoms with Crippen LogP contribution in [0.1, 0.15) is 38.3 Å². The minimum absolute atomic E-state index is 0.256. The maximum Gasteiger partial charge on any atom is 0.141 e. The van der Waals surface area contributed by atoms with Crippen LogP contribution in [0.2, 0.25) is 0 Å². The molecule has 0 bridgehead atoms. The van der Waals surface area contributed by atoms with E-state index in [1.165, 1.54) is 37.9 Å². The molecule has 2 fully saturated rings. The highest BCUT2D eigenvalue weighted by atomic mass is 19.1. The maximum atomic E-state index is 12.9. The number of nitrogens with zero attached hydrogens (tertiary/aromatic N) is 3. The van der Waals surface area contributed by atoms with E-state index in [2.05, 4.69) is 21.7 Å². The van der Waals surface area contributed by atoms with E-state index in [4.69, 9.17) is 0 Å². The Kier molecular flexibility index (Phi) is 4.32. The number of rotatable bonds is 3. The molecule has 3 nitrogen and oxygen atoms in total. The lowest BCUT2D eigenvalue weighted by atomic mass is 10.1. The van der Waals surface area contributed by atoms with E-state index in [0.717, 1.165) is 37.9 Å². The minimum Gasteiger partial charge on any atom is -0.295 e. The van der Waals surface area contributed by atoms with Gasteiger partial charge in [0.15, 0.2) is 0 Å². The van der Waals surface area contributed by atoms with Crippen molar-refractivity contribution in [1.82, 2.24) is 14.8 Å². The predicted molar refractivity (Wildman–Crippen MR) is 77.9 cm³/mol. The van der Waals surface area contributed by atoms with Crippen LogP contribution in [0.25, 0.3) is 0 Å². The number of hydrogen-bond donors (Lipinski definition) is 0. The topological polar surface area (TPSA) is 19.4 Å². The average Bonchev–Trinajstić information content (AvgIpc) is 2.95. The van der Waals surface area contributed by atoms with Crippen LogP contribution < -0.4 is 0 Å². The molecule has 2 aliphatic rings. The molecule has 0 N–H and O–H groups in total. The van der Waals surface area contributed by atoms with E-state index in [1.54, 1.807) is 6.07 Å². The first kappa shape index (κ1) is 14.0. The molecule has 0 radical (unpaired) electrons. The third-order valence-corrected chi connectivity index (χ3v) is 4.73. The summed E-state index contributed by atoms with van der Waals surface area (Å²) in [7, 11) is 0. The molecule has 1 aromatic rings. The summed E-state index contributed by atoms with van der Waals surface area (Å²) in [5.74, 6) is -0.256. The van der Waals surface area contributed by atoms with E-state index in [9.17, 15) is 4.39 Å². The molecular formula is C16H24FN3. The summed E-state index contributed by atoms with van der Waals surface area (Å²) < 4.78 is 12.9. The Morgan fingerprint density at radius 1 is 1.25 bits per heavy atom. The molecule has 1 saturated heterocycles. The van der Waals surface area contributed by atoms with Crippen LogP contribution in [-0.2, 0) is 6.54 Å². The monoisotopic (exact) mass is 277 g/mol. The van der Waals surface area contributed by atoms with Gasteiger partial charge in [0.2, 0.25) is 0 Å². The first-order valence-electron chi connectivity index (χ1n) is 7.81. The van der Waals surface area contributed by atoms with Gasteiger partial charge < -0.3 is 0 Å². The van der Waals surface area contributed by atoms with Crippen molar-refractivity contribution in [2.24, 2.45) is 0 Å². The molecule has 3 rings (SSSR count). The largest absolute Gasteiger partial charge is 0.295 e. The minimum atomic E-state index is -0.256. The van der Waals surface area contributed by atoms with Crippen LogP contribution >= 0.6 is 0 Å². The predicted octanol–water partition coefficient (Wildman–Crippen LogP) is 2.67. The van der Waals surface area contributed by atoms with Crippen molar-refractivity contribution in [3.8, 4) is 0 Å². The second-order valence-corrected chi connectivity index (χ2v) is 6.23.